The van der Waals surface area contributed by atoms with Crippen LogP contribution in [0.2, 0.25) is 0 Å². The van der Waals surface area contributed by atoms with E-state index < -0.39 is 10.0 Å². The van der Waals surface area contributed by atoms with Crippen LogP contribution in [-0.4, -0.2) is 25.3 Å². The second-order valence-electron chi connectivity index (χ2n) is 7.17. The van der Waals surface area contributed by atoms with E-state index in [1.807, 2.05) is 61.5 Å². The second kappa shape index (κ2) is 7.84. The molecule has 0 fully saturated rings. The topological polar surface area (TPSA) is 73.2 Å². The Bertz CT molecular complexity index is 1330. The third kappa shape index (κ3) is 3.89. The average molecular weight is 422 g/mol. The van der Waals surface area contributed by atoms with Crippen LogP contribution in [0.4, 0.5) is 5.69 Å². The molecule has 4 rings (SSSR count). The van der Waals surface area contributed by atoms with E-state index in [4.69, 9.17) is 4.74 Å². The number of aromatic nitrogens is 2. The van der Waals surface area contributed by atoms with Crippen molar-refractivity contribution >= 4 is 26.5 Å². The summed E-state index contributed by atoms with van der Waals surface area (Å²) in [7, 11) is -2.12. The largest absolute Gasteiger partial charge is 0.497 e. The van der Waals surface area contributed by atoms with Crippen molar-refractivity contribution < 1.29 is 13.2 Å². The molecule has 0 amide bonds. The van der Waals surface area contributed by atoms with Gasteiger partial charge in [0.2, 0.25) is 0 Å². The van der Waals surface area contributed by atoms with Gasteiger partial charge in [-0.2, -0.15) is 5.10 Å². The molecule has 0 radical (unpaired) electrons. The first-order valence-corrected chi connectivity index (χ1v) is 11.0. The summed E-state index contributed by atoms with van der Waals surface area (Å²) in [4.78, 5) is 0.223. The molecule has 1 heterocycles. The number of hydrogen-bond donors (Lipinski definition) is 1. The maximum absolute atomic E-state index is 13.0. The van der Waals surface area contributed by atoms with Gasteiger partial charge in [0, 0.05) is 0 Å². The first-order chi connectivity index (χ1) is 14.4. The van der Waals surface area contributed by atoms with E-state index in [1.165, 1.54) is 0 Å². The predicted molar refractivity (Wildman–Crippen MR) is 119 cm³/mol. The molecule has 30 heavy (non-hydrogen) atoms. The quantitative estimate of drug-likeness (QED) is 0.497. The highest BCUT2D eigenvalue weighted by Gasteiger charge is 2.20. The van der Waals surface area contributed by atoms with E-state index in [9.17, 15) is 8.42 Å². The Labute approximate surface area is 176 Å². The van der Waals surface area contributed by atoms with Gasteiger partial charge in [0.05, 0.1) is 35.6 Å². The van der Waals surface area contributed by atoms with Gasteiger partial charge in [-0.15, -0.1) is 0 Å². The number of hydrogen-bond acceptors (Lipinski definition) is 4. The third-order valence-corrected chi connectivity index (χ3v) is 6.46. The molecule has 1 aromatic heterocycles. The van der Waals surface area contributed by atoms with Crippen LogP contribution in [-0.2, 0) is 16.6 Å². The Morgan fingerprint density at radius 1 is 0.967 bits per heavy atom. The summed E-state index contributed by atoms with van der Waals surface area (Å²) in [5.41, 5.74) is 2.90. The first-order valence-electron chi connectivity index (χ1n) is 9.56. The van der Waals surface area contributed by atoms with Crippen LogP contribution in [0.25, 0.3) is 10.8 Å². The number of nitrogens with one attached hydrogen (secondary N) is 1. The maximum Gasteiger partial charge on any atom is 0.262 e. The number of ether oxygens (including phenoxy) is 1. The van der Waals surface area contributed by atoms with Gasteiger partial charge in [0.25, 0.3) is 10.0 Å². The van der Waals surface area contributed by atoms with Crippen molar-refractivity contribution in [1.29, 1.82) is 0 Å². The minimum atomic E-state index is -3.74. The van der Waals surface area contributed by atoms with Crippen molar-refractivity contribution in [2.75, 3.05) is 11.8 Å². The lowest BCUT2D eigenvalue weighted by Gasteiger charge is -2.10. The average Bonchev–Trinajstić information content (AvgIpc) is 3.00. The van der Waals surface area contributed by atoms with Gasteiger partial charge in [-0.3, -0.25) is 9.40 Å². The van der Waals surface area contributed by atoms with Crippen LogP contribution in [0.3, 0.4) is 0 Å². The van der Waals surface area contributed by atoms with Crippen LogP contribution in [0, 0.1) is 13.8 Å². The molecule has 0 spiro atoms. The number of sulfonamides is 1. The Hall–Kier alpha value is -3.32. The highest BCUT2D eigenvalue weighted by atomic mass is 32.2. The number of nitrogens with zero attached hydrogens (tertiary/aromatic N) is 2. The standard InChI is InChI=1S/C23H23N3O3S/c1-16-23(17(2)26(24-16)15-18-7-6-10-21(13-18)29-3)25-30(27,28)22-12-11-19-8-4-5-9-20(19)14-22/h4-14,25H,15H2,1-3H3. The molecule has 1 N–H and O–H groups in total. The lowest BCUT2D eigenvalue weighted by Crippen LogP contribution is -2.14. The van der Waals surface area contributed by atoms with Crippen molar-refractivity contribution in [3.63, 3.8) is 0 Å². The number of anilines is 1. The van der Waals surface area contributed by atoms with Crippen molar-refractivity contribution in [3.05, 3.63) is 83.7 Å². The minimum absolute atomic E-state index is 0.223. The number of rotatable bonds is 6. The van der Waals surface area contributed by atoms with Gasteiger partial charge in [-0.1, -0.05) is 42.5 Å². The third-order valence-electron chi connectivity index (χ3n) is 5.12. The summed E-state index contributed by atoms with van der Waals surface area (Å²) in [6.07, 6.45) is 0. The lowest BCUT2D eigenvalue weighted by atomic mass is 10.1. The highest BCUT2D eigenvalue weighted by molar-refractivity contribution is 7.92. The zero-order valence-electron chi connectivity index (χ0n) is 17.1. The molecule has 0 bridgehead atoms. The lowest BCUT2D eigenvalue weighted by molar-refractivity contribution is 0.414. The molecule has 6 nitrogen and oxygen atoms in total. The fraction of sp³-hybridized carbons (Fsp3) is 0.174. The van der Waals surface area contributed by atoms with Crippen molar-refractivity contribution in [2.45, 2.75) is 25.3 Å². The smallest absolute Gasteiger partial charge is 0.262 e. The summed E-state index contributed by atoms with van der Waals surface area (Å²) in [6, 6.07) is 20.5. The van der Waals surface area contributed by atoms with Crippen LogP contribution in [0.15, 0.2) is 71.6 Å². The zero-order chi connectivity index (χ0) is 21.3. The van der Waals surface area contributed by atoms with Crippen molar-refractivity contribution in [1.82, 2.24) is 9.78 Å². The summed E-state index contributed by atoms with van der Waals surface area (Å²) in [5, 5.41) is 6.41. The minimum Gasteiger partial charge on any atom is -0.497 e. The van der Waals surface area contributed by atoms with Crippen LogP contribution in [0.5, 0.6) is 5.75 Å². The predicted octanol–water partition coefficient (Wildman–Crippen LogP) is 4.51. The molecule has 7 heteroatoms. The molecular formula is C23H23N3O3S. The fourth-order valence-corrected chi connectivity index (χ4v) is 4.68. The summed E-state index contributed by atoms with van der Waals surface area (Å²) < 4.78 is 35.9. The van der Waals surface area contributed by atoms with Gasteiger partial charge < -0.3 is 4.74 Å². The molecule has 0 unspecified atom stereocenters. The molecule has 0 aliphatic carbocycles. The Morgan fingerprint density at radius 2 is 1.73 bits per heavy atom. The molecule has 0 atom stereocenters. The molecule has 4 aromatic rings. The van der Waals surface area contributed by atoms with Crippen molar-refractivity contribution in [2.24, 2.45) is 0 Å². The van der Waals surface area contributed by atoms with E-state index in [0.717, 1.165) is 27.8 Å². The van der Waals surface area contributed by atoms with E-state index >= 15 is 0 Å². The molecule has 0 aliphatic rings. The van der Waals surface area contributed by atoms with Gasteiger partial charge >= 0.3 is 0 Å². The normalized spacial score (nSPS) is 11.6. The molecule has 0 saturated carbocycles. The Kier molecular flexibility index (Phi) is 5.22. The van der Waals surface area contributed by atoms with Gasteiger partial charge in [-0.05, 0) is 54.4 Å². The zero-order valence-corrected chi connectivity index (χ0v) is 17.9. The maximum atomic E-state index is 13.0. The van der Waals surface area contributed by atoms with Crippen LogP contribution in [0.1, 0.15) is 17.0 Å². The van der Waals surface area contributed by atoms with E-state index in [2.05, 4.69) is 9.82 Å². The molecule has 154 valence electrons. The number of aryl methyl sites for hydroxylation is 1. The Morgan fingerprint density at radius 3 is 2.50 bits per heavy atom. The van der Waals surface area contributed by atoms with E-state index in [-0.39, 0.29) is 4.90 Å². The van der Waals surface area contributed by atoms with Crippen molar-refractivity contribution in [3.8, 4) is 5.75 Å². The van der Waals surface area contributed by atoms with E-state index in [1.54, 1.807) is 30.8 Å². The molecular weight excluding hydrogens is 398 g/mol. The molecule has 0 aliphatic heterocycles. The SMILES string of the molecule is COc1cccc(Cn2nc(C)c(NS(=O)(=O)c3ccc4ccccc4c3)c2C)c1. The molecule has 0 saturated heterocycles. The summed E-state index contributed by atoms with van der Waals surface area (Å²) in [5.74, 6) is 0.770. The number of fused-ring (bicyclic) bond motifs is 1. The van der Waals surface area contributed by atoms with Gasteiger partial charge in [0.1, 0.15) is 5.75 Å². The summed E-state index contributed by atoms with van der Waals surface area (Å²) in [6.45, 7) is 4.17. The highest BCUT2D eigenvalue weighted by Crippen LogP contribution is 2.26. The fourth-order valence-electron chi connectivity index (χ4n) is 3.47. The summed E-state index contributed by atoms with van der Waals surface area (Å²) >= 11 is 0. The monoisotopic (exact) mass is 421 g/mol. The van der Waals surface area contributed by atoms with E-state index in [0.29, 0.717) is 17.9 Å². The first kappa shape index (κ1) is 20.0. The van der Waals surface area contributed by atoms with Gasteiger partial charge in [-0.25, -0.2) is 8.42 Å². The molecule has 3 aromatic carbocycles. The second-order valence-corrected chi connectivity index (χ2v) is 8.85. The van der Waals surface area contributed by atoms with Crippen LogP contribution < -0.4 is 9.46 Å². The number of methoxy groups -OCH3 is 1. The van der Waals surface area contributed by atoms with Gasteiger partial charge in [0.15, 0.2) is 0 Å². The Balaban J connectivity index is 1.63. The van der Waals surface area contributed by atoms with Crippen LogP contribution >= 0.6 is 0 Å². The number of benzene rings is 3.